The van der Waals surface area contributed by atoms with Gasteiger partial charge in [0, 0.05) is 26.2 Å². The van der Waals surface area contributed by atoms with Gasteiger partial charge < -0.3 is 10.6 Å². The molecule has 0 unspecified atom stereocenters. The molecule has 1 spiro atoms. The molecule has 1 aromatic rings. The van der Waals surface area contributed by atoms with Gasteiger partial charge in [-0.2, -0.15) is 13.2 Å². The number of benzene rings is 1. The molecule has 3 fully saturated rings. The normalized spacial score (nSPS) is 22.1. The first kappa shape index (κ1) is 25.4. The van der Waals surface area contributed by atoms with E-state index >= 15 is 0 Å². The summed E-state index contributed by atoms with van der Waals surface area (Å²) < 4.78 is 39.5. The van der Waals surface area contributed by atoms with Gasteiger partial charge in [0.05, 0.1) is 24.5 Å². The van der Waals surface area contributed by atoms with Crippen molar-refractivity contribution >= 4 is 23.5 Å². The molecule has 0 atom stereocenters. The van der Waals surface area contributed by atoms with E-state index in [0.717, 1.165) is 31.7 Å². The fourth-order valence-corrected chi connectivity index (χ4v) is 5.17. The standard InChI is InChI=1S/C24H32F3N5O3/c25-24(26,27)18-8-4-5-9-19(18)28-20(33)16-30-12-14-31(15-13-30)17-32-21(34)23(29-22(32)35)10-6-2-1-3-7-11-23/h4-5,8-9H,1-3,6-7,10-17H2,(H,28,33)(H,29,35). The van der Waals surface area contributed by atoms with Gasteiger partial charge in [0.15, 0.2) is 0 Å². The van der Waals surface area contributed by atoms with E-state index in [-0.39, 0.29) is 30.8 Å². The molecular formula is C24H32F3N5O3. The highest BCUT2D eigenvalue weighted by molar-refractivity contribution is 6.07. The Morgan fingerprint density at radius 2 is 1.54 bits per heavy atom. The Labute approximate surface area is 202 Å². The van der Waals surface area contributed by atoms with E-state index in [1.54, 1.807) is 0 Å². The number of halogens is 3. The van der Waals surface area contributed by atoms with Crippen molar-refractivity contribution in [1.82, 2.24) is 20.0 Å². The number of urea groups is 1. The van der Waals surface area contributed by atoms with Crippen LogP contribution in [0.4, 0.5) is 23.7 Å². The smallest absolute Gasteiger partial charge is 0.324 e. The number of amides is 4. The molecule has 1 saturated carbocycles. The third-order valence-electron chi connectivity index (χ3n) is 7.13. The van der Waals surface area contributed by atoms with E-state index in [4.69, 9.17) is 0 Å². The third kappa shape index (κ3) is 5.95. The van der Waals surface area contributed by atoms with Crippen LogP contribution in [-0.2, 0) is 15.8 Å². The van der Waals surface area contributed by atoms with Gasteiger partial charge in [-0.15, -0.1) is 0 Å². The highest BCUT2D eigenvalue weighted by atomic mass is 19.4. The van der Waals surface area contributed by atoms with E-state index in [0.29, 0.717) is 39.0 Å². The minimum Gasteiger partial charge on any atom is -0.324 e. The summed E-state index contributed by atoms with van der Waals surface area (Å²) in [4.78, 5) is 43.4. The van der Waals surface area contributed by atoms with E-state index in [1.807, 2.05) is 9.80 Å². The summed E-state index contributed by atoms with van der Waals surface area (Å²) in [5.74, 6) is -0.662. The second-order valence-corrected chi connectivity index (χ2v) is 9.64. The number of alkyl halides is 3. The topological polar surface area (TPSA) is 85.0 Å². The van der Waals surface area contributed by atoms with Gasteiger partial charge in [-0.1, -0.05) is 44.2 Å². The number of hydrogen-bond acceptors (Lipinski definition) is 5. The van der Waals surface area contributed by atoms with Crippen molar-refractivity contribution in [3.8, 4) is 0 Å². The van der Waals surface area contributed by atoms with E-state index in [1.165, 1.54) is 29.5 Å². The number of para-hydroxylation sites is 1. The number of nitrogens with one attached hydrogen (secondary N) is 2. The van der Waals surface area contributed by atoms with Gasteiger partial charge in [0.2, 0.25) is 5.91 Å². The fourth-order valence-electron chi connectivity index (χ4n) is 5.17. The van der Waals surface area contributed by atoms with Crippen LogP contribution >= 0.6 is 0 Å². The maximum absolute atomic E-state index is 13.2. The Bertz CT molecular complexity index is 939. The van der Waals surface area contributed by atoms with E-state index < -0.39 is 23.2 Å². The van der Waals surface area contributed by atoms with E-state index in [9.17, 15) is 27.6 Å². The van der Waals surface area contributed by atoms with E-state index in [2.05, 4.69) is 10.6 Å². The summed E-state index contributed by atoms with van der Waals surface area (Å²) in [6.45, 7) is 2.25. The number of imide groups is 1. The Hall–Kier alpha value is -2.66. The average molecular weight is 496 g/mol. The molecule has 35 heavy (non-hydrogen) atoms. The summed E-state index contributed by atoms with van der Waals surface area (Å²) >= 11 is 0. The Balaban J connectivity index is 1.27. The number of nitrogens with zero attached hydrogens (tertiary/aromatic N) is 3. The predicted octanol–water partition coefficient (Wildman–Crippen LogP) is 3.25. The zero-order valence-corrected chi connectivity index (χ0v) is 19.7. The molecule has 0 radical (unpaired) electrons. The van der Waals surface area contributed by atoms with Crippen molar-refractivity contribution < 1.29 is 27.6 Å². The number of anilines is 1. The van der Waals surface area contributed by atoms with Gasteiger partial charge in [-0.05, 0) is 25.0 Å². The maximum Gasteiger partial charge on any atom is 0.418 e. The molecule has 2 aliphatic heterocycles. The van der Waals surface area contributed by atoms with Gasteiger partial charge in [0.25, 0.3) is 5.91 Å². The Morgan fingerprint density at radius 3 is 2.20 bits per heavy atom. The molecule has 1 aromatic carbocycles. The predicted molar refractivity (Wildman–Crippen MR) is 123 cm³/mol. The van der Waals surface area contributed by atoms with Crippen LogP contribution in [-0.4, -0.2) is 77.5 Å². The van der Waals surface area contributed by atoms with Crippen LogP contribution in [0.25, 0.3) is 0 Å². The van der Waals surface area contributed by atoms with Crippen LogP contribution in [0.3, 0.4) is 0 Å². The quantitative estimate of drug-likeness (QED) is 0.613. The largest absolute Gasteiger partial charge is 0.418 e. The number of carbonyl (C=O) groups excluding carboxylic acids is 3. The minimum atomic E-state index is -4.55. The van der Waals surface area contributed by atoms with Crippen LogP contribution in [0.15, 0.2) is 24.3 Å². The van der Waals surface area contributed by atoms with Crippen molar-refractivity contribution in [2.75, 3.05) is 44.7 Å². The molecule has 4 amide bonds. The first-order valence-corrected chi connectivity index (χ1v) is 12.2. The summed E-state index contributed by atoms with van der Waals surface area (Å²) in [6.07, 6.45) is 1.96. The first-order valence-electron chi connectivity index (χ1n) is 12.2. The van der Waals surface area contributed by atoms with Gasteiger partial charge in [0.1, 0.15) is 5.54 Å². The molecule has 4 rings (SSSR count). The van der Waals surface area contributed by atoms with Gasteiger partial charge in [-0.3, -0.25) is 19.4 Å². The zero-order chi connectivity index (χ0) is 25.1. The van der Waals surface area contributed by atoms with Crippen LogP contribution in [0.1, 0.15) is 50.5 Å². The van der Waals surface area contributed by atoms with Crippen LogP contribution in [0.2, 0.25) is 0 Å². The molecule has 192 valence electrons. The summed E-state index contributed by atoms with van der Waals surface area (Å²) in [7, 11) is 0. The molecule has 0 bridgehead atoms. The van der Waals surface area contributed by atoms with Crippen molar-refractivity contribution in [3.63, 3.8) is 0 Å². The second-order valence-electron chi connectivity index (χ2n) is 9.64. The number of rotatable bonds is 5. The van der Waals surface area contributed by atoms with Crippen molar-refractivity contribution in [3.05, 3.63) is 29.8 Å². The maximum atomic E-state index is 13.2. The number of carbonyl (C=O) groups is 3. The lowest BCUT2D eigenvalue weighted by Crippen LogP contribution is -2.53. The zero-order valence-electron chi connectivity index (χ0n) is 19.7. The summed E-state index contributed by atoms with van der Waals surface area (Å²) in [5.41, 5.74) is -1.91. The van der Waals surface area contributed by atoms with Crippen LogP contribution in [0, 0.1) is 0 Å². The number of piperazine rings is 1. The molecule has 1 aliphatic carbocycles. The minimum absolute atomic E-state index is 0.0354. The molecule has 3 aliphatic rings. The van der Waals surface area contributed by atoms with Gasteiger partial charge in [-0.25, -0.2) is 9.69 Å². The van der Waals surface area contributed by atoms with Crippen molar-refractivity contribution in [2.24, 2.45) is 0 Å². The molecular weight excluding hydrogens is 463 g/mol. The SMILES string of the molecule is O=C(CN1CCN(CN2C(=O)NC3(CCCCCCC3)C2=O)CC1)Nc1ccccc1C(F)(F)F. The average Bonchev–Trinajstić information content (AvgIpc) is 3.02. The molecule has 0 aromatic heterocycles. The van der Waals surface area contributed by atoms with Crippen molar-refractivity contribution in [2.45, 2.75) is 56.7 Å². The fraction of sp³-hybridized carbons (Fsp3) is 0.625. The highest BCUT2D eigenvalue weighted by Gasteiger charge is 2.50. The van der Waals surface area contributed by atoms with Crippen LogP contribution in [0.5, 0.6) is 0 Å². The number of hydrogen-bond donors (Lipinski definition) is 2. The molecule has 2 N–H and O–H groups in total. The molecule has 2 heterocycles. The molecule has 2 saturated heterocycles. The lowest BCUT2D eigenvalue weighted by Gasteiger charge is -2.36. The first-order chi connectivity index (χ1) is 16.7. The molecule has 8 nitrogen and oxygen atoms in total. The lowest BCUT2D eigenvalue weighted by molar-refractivity contribution is -0.137. The molecule has 11 heteroatoms. The third-order valence-corrected chi connectivity index (χ3v) is 7.13. The second kappa shape index (κ2) is 10.5. The van der Waals surface area contributed by atoms with Crippen LogP contribution < -0.4 is 10.6 Å². The summed E-state index contributed by atoms with van der Waals surface area (Å²) in [6, 6.07) is 4.55. The highest BCUT2D eigenvalue weighted by Crippen LogP contribution is 2.35. The Kier molecular flexibility index (Phi) is 7.65. The Morgan fingerprint density at radius 1 is 0.943 bits per heavy atom. The monoisotopic (exact) mass is 495 g/mol. The van der Waals surface area contributed by atoms with Crippen molar-refractivity contribution in [1.29, 1.82) is 0 Å². The summed E-state index contributed by atoms with van der Waals surface area (Å²) in [5, 5.41) is 5.34. The lowest BCUT2D eigenvalue weighted by atomic mass is 9.84. The van der Waals surface area contributed by atoms with Gasteiger partial charge >= 0.3 is 12.2 Å².